The van der Waals surface area contributed by atoms with Crippen molar-refractivity contribution in [2.24, 2.45) is 0 Å². The highest BCUT2D eigenvalue weighted by Gasteiger charge is 2.30. The lowest BCUT2D eigenvalue weighted by atomic mass is 10.0. The zero-order valence-corrected chi connectivity index (χ0v) is 11.4. The number of rotatable bonds is 5. The standard InChI is InChI=1S/C11H12F5NO2S/c1-17-5(3-4-20(2,18)19)6-7(12)9(14)11(16)10(15)8(6)13/h5,17H,3-4H2,1-2H3. The van der Waals surface area contributed by atoms with Crippen LogP contribution >= 0.6 is 0 Å². The van der Waals surface area contributed by atoms with Crippen LogP contribution in [0.3, 0.4) is 0 Å². The van der Waals surface area contributed by atoms with E-state index in [0.29, 0.717) is 0 Å². The fourth-order valence-electron chi connectivity index (χ4n) is 1.69. The Hall–Kier alpha value is -1.22. The molecule has 0 aliphatic heterocycles. The van der Waals surface area contributed by atoms with Crippen LogP contribution in [0.4, 0.5) is 22.0 Å². The van der Waals surface area contributed by atoms with Gasteiger partial charge in [-0.15, -0.1) is 0 Å². The molecule has 1 aromatic rings. The van der Waals surface area contributed by atoms with Gasteiger partial charge in [0.1, 0.15) is 9.84 Å². The van der Waals surface area contributed by atoms with Gasteiger partial charge in [-0.1, -0.05) is 0 Å². The zero-order valence-electron chi connectivity index (χ0n) is 10.6. The fraction of sp³-hybridized carbons (Fsp3) is 0.455. The third kappa shape index (κ3) is 3.45. The molecule has 1 atom stereocenters. The molecule has 0 aliphatic rings. The van der Waals surface area contributed by atoms with Crippen LogP contribution in [-0.4, -0.2) is 27.5 Å². The highest BCUT2D eigenvalue weighted by molar-refractivity contribution is 7.90. The molecule has 0 amide bonds. The van der Waals surface area contributed by atoms with Gasteiger partial charge in [0.2, 0.25) is 5.82 Å². The van der Waals surface area contributed by atoms with Gasteiger partial charge < -0.3 is 5.32 Å². The molecule has 0 saturated heterocycles. The van der Waals surface area contributed by atoms with Crippen molar-refractivity contribution < 1.29 is 30.4 Å². The van der Waals surface area contributed by atoms with Gasteiger partial charge in [-0.05, 0) is 13.5 Å². The van der Waals surface area contributed by atoms with Gasteiger partial charge >= 0.3 is 0 Å². The number of halogens is 5. The fourth-order valence-corrected chi connectivity index (χ4v) is 2.36. The van der Waals surface area contributed by atoms with E-state index < -0.39 is 56.3 Å². The van der Waals surface area contributed by atoms with E-state index in [9.17, 15) is 30.4 Å². The SMILES string of the molecule is CNC(CCS(C)(=O)=O)c1c(F)c(F)c(F)c(F)c1F. The number of nitrogens with one attached hydrogen (secondary N) is 1. The van der Waals surface area contributed by atoms with E-state index in [1.807, 2.05) is 0 Å². The Morgan fingerprint density at radius 2 is 1.35 bits per heavy atom. The molecule has 9 heteroatoms. The second-order valence-corrected chi connectivity index (χ2v) is 6.50. The number of sulfone groups is 1. The predicted molar refractivity (Wildman–Crippen MR) is 62.4 cm³/mol. The lowest BCUT2D eigenvalue weighted by molar-refractivity contribution is 0.357. The average molecular weight is 317 g/mol. The zero-order chi connectivity index (χ0) is 15.7. The largest absolute Gasteiger partial charge is 0.313 e. The summed E-state index contributed by atoms with van der Waals surface area (Å²) < 4.78 is 88.2. The molecule has 1 rings (SSSR count). The van der Waals surface area contributed by atoms with Crippen LogP contribution in [0.5, 0.6) is 0 Å². The van der Waals surface area contributed by atoms with E-state index in [1.54, 1.807) is 0 Å². The van der Waals surface area contributed by atoms with Crippen molar-refractivity contribution in [1.82, 2.24) is 5.32 Å². The lowest BCUT2D eigenvalue weighted by Gasteiger charge is -2.18. The second kappa shape index (κ2) is 6.04. The molecule has 1 aromatic carbocycles. The quantitative estimate of drug-likeness (QED) is 0.514. The van der Waals surface area contributed by atoms with Crippen molar-refractivity contribution in [1.29, 1.82) is 0 Å². The van der Waals surface area contributed by atoms with E-state index in [-0.39, 0.29) is 6.42 Å². The molecule has 0 saturated carbocycles. The van der Waals surface area contributed by atoms with Crippen LogP contribution in [0.15, 0.2) is 0 Å². The molecule has 20 heavy (non-hydrogen) atoms. The molecule has 0 spiro atoms. The normalized spacial score (nSPS) is 13.6. The second-order valence-electron chi connectivity index (χ2n) is 4.24. The summed E-state index contributed by atoms with van der Waals surface area (Å²) in [6.07, 6.45) is 0.575. The van der Waals surface area contributed by atoms with Crippen molar-refractivity contribution in [2.75, 3.05) is 19.1 Å². The Labute approximate surface area is 112 Å². The number of hydrogen-bond donors (Lipinski definition) is 1. The van der Waals surface area contributed by atoms with Gasteiger partial charge in [-0.25, -0.2) is 30.4 Å². The third-order valence-corrected chi connectivity index (χ3v) is 3.70. The molecular weight excluding hydrogens is 305 g/mol. The summed E-state index contributed by atoms with van der Waals surface area (Å²) in [6, 6.07) is -1.31. The van der Waals surface area contributed by atoms with Gasteiger partial charge in [0.05, 0.1) is 5.75 Å². The maximum Gasteiger partial charge on any atom is 0.200 e. The van der Waals surface area contributed by atoms with Crippen LogP contribution in [0.2, 0.25) is 0 Å². The molecule has 0 aliphatic carbocycles. The summed E-state index contributed by atoms with van der Waals surface area (Å²) in [7, 11) is -2.21. The minimum Gasteiger partial charge on any atom is -0.313 e. The molecule has 0 heterocycles. The Bertz CT molecular complexity index is 589. The molecule has 0 bridgehead atoms. The van der Waals surface area contributed by atoms with Crippen LogP contribution in [0.25, 0.3) is 0 Å². The first-order valence-corrected chi connectivity index (χ1v) is 7.52. The first-order chi connectivity index (χ1) is 9.10. The predicted octanol–water partition coefficient (Wildman–Crippen LogP) is 2.08. The summed E-state index contributed by atoms with van der Waals surface area (Å²) >= 11 is 0. The summed E-state index contributed by atoms with van der Waals surface area (Å²) in [5, 5.41) is 2.35. The van der Waals surface area contributed by atoms with Crippen LogP contribution in [0, 0.1) is 29.1 Å². The maximum atomic E-state index is 13.5. The van der Waals surface area contributed by atoms with E-state index in [2.05, 4.69) is 5.32 Å². The molecule has 0 aromatic heterocycles. The van der Waals surface area contributed by atoms with Gasteiger partial charge in [-0.2, -0.15) is 0 Å². The van der Waals surface area contributed by atoms with E-state index >= 15 is 0 Å². The van der Waals surface area contributed by atoms with Crippen molar-refractivity contribution in [3.63, 3.8) is 0 Å². The van der Waals surface area contributed by atoms with E-state index in [0.717, 1.165) is 6.26 Å². The summed E-state index contributed by atoms with van der Waals surface area (Å²) in [4.78, 5) is 0. The Balaban J connectivity index is 3.29. The van der Waals surface area contributed by atoms with E-state index in [4.69, 9.17) is 0 Å². The van der Waals surface area contributed by atoms with Gasteiger partial charge in [-0.3, -0.25) is 0 Å². The number of benzene rings is 1. The summed E-state index contributed by atoms with van der Waals surface area (Å²) in [5.74, 6) is -10.7. The van der Waals surface area contributed by atoms with Crippen LogP contribution in [-0.2, 0) is 9.84 Å². The third-order valence-electron chi connectivity index (χ3n) is 2.72. The lowest BCUT2D eigenvalue weighted by Crippen LogP contribution is -2.24. The first-order valence-electron chi connectivity index (χ1n) is 5.46. The summed E-state index contributed by atoms with van der Waals surface area (Å²) in [6.45, 7) is 0. The van der Waals surface area contributed by atoms with Gasteiger partial charge in [0, 0.05) is 17.9 Å². The van der Waals surface area contributed by atoms with Crippen LogP contribution < -0.4 is 5.32 Å². The minimum absolute atomic E-state index is 0.326. The van der Waals surface area contributed by atoms with Crippen LogP contribution in [0.1, 0.15) is 18.0 Å². The van der Waals surface area contributed by atoms with Crippen molar-refractivity contribution in [2.45, 2.75) is 12.5 Å². The monoisotopic (exact) mass is 317 g/mol. The van der Waals surface area contributed by atoms with Gasteiger partial charge in [0.25, 0.3) is 0 Å². The topological polar surface area (TPSA) is 46.2 Å². The summed E-state index contributed by atoms with van der Waals surface area (Å²) in [5.41, 5.74) is -1.06. The molecule has 114 valence electrons. The maximum absolute atomic E-state index is 13.5. The highest BCUT2D eigenvalue weighted by Crippen LogP contribution is 2.29. The highest BCUT2D eigenvalue weighted by atomic mass is 32.2. The Morgan fingerprint density at radius 3 is 1.70 bits per heavy atom. The smallest absolute Gasteiger partial charge is 0.200 e. The molecule has 3 nitrogen and oxygen atoms in total. The molecule has 1 N–H and O–H groups in total. The van der Waals surface area contributed by atoms with Crippen molar-refractivity contribution in [3.8, 4) is 0 Å². The van der Waals surface area contributed by atoms with E-state index in [1.165, 1.54) is 7.05 Å². The number of hydrogen-bond acceptors (Lipinski definition) is 3. The molecule has 0 radical (unpaired) electrons. The average Bonchev–Trinajstić information content (AvgIpc) is 2.36. The molecular formula is C11H12F5NO2S. The Morgan fingerprint density at radius 1 is 0.950 bits per heavy atom. The Kier molecular flexibility index (Phi) is 5.09. The first kappa shape index (κ1) is 16.8. The molecule has 0 fully saturated rings. The van der Waals surface area contributed by atoms with Gasteiger partial charge in [0.15, 0.2) is 23.3 Å². The minimum atomic E-state index is -3.44. The van der Waals surface area contributed by atoms with Crippen molar-refractivity contribution in [3.05, 3.63) is 34.6 Å². The van der Waals surface area contributed by atoms with Crippen molar-refractivity contribution >= 4 is 9.84 Å². The molecule has 1 unspecified atom stereocenters.